The SMILES string of the molecule is Cc1ccc(Cl)cc1NC(=O)NC(CC(N)=O)C(=O)O. The van der Waals surface area contributed by atoms with Crippen molar-refractivity contribution in [2.24, 2.45) is 5.73 Å². The van der Waals surface area contributed by atoms with Gasteiger partial charge in [-0.2, -0.15) is 0 Å². The Labute approximate surface area is 120 Å². The first-order valence-corrected chi connectivity index (χ1v) is 6.02. The molecule has 0 fully saturated rings. The number of rotatable bonds is 5. The number of anilines is 1. The molecule has 0 aliphatic rings. The number of carboxylic acids is 1. The lowest BCUT2D eigenvalue weighted by Crippen LogP contribution is -2.45. The molecule has 20 heavy (non-hydrogen) atoms. The lowest BCUT2D eigenvalue weighted by molar-refractivity contribution is -0.140. The Morgan fingerprint density at radius 1 is 1.40 bits per heavy atom. The summed E-state index contributed by atoms with van der Waals surface area (Å²) in [6.45, 7) is 1.75. The van der Waals surface area contributed by atoms with Gasteiger partial charge < -0.3 is 21.5 Å². The number of hydrogen-bond acceptors (Lipinski definition) is 3. The van der Waals surface area contributed by atoms with Crippen LogP contribution in [0.15, 0.2) is 18.2 Å². The molecular weight excluding hydrogens is 286 g/mol. The predicted octanol–water partition coefficient (Wildman–Crippen LogP) is 1.10. The van der Waals surface area contributed by atoms with Crippen LogP contribution >= 0.6 is 11.6 Å². The van der Waals surface area contributed by atoms with Gasteiger partial charge >= 0.3 is 12.0 Å². The number of nitrogens with one attached hydrogen (secondary N) is 2. The van der Waals surface area contributed by atoms with Crippen LogP contribution < -0.4 is 16.4 Å². The molecule has 1 aromatic carbocycles. The van der Waals surface area contributed by atoms with Crippen LogP contribution in [0.2, 0.25) is 5.02 Å². The number of halogens is 1. The average molecular weight is 300 g/mol. The first-order chi connectivity index (χ1) is 9.29. The maximum absolute atomic E-state index is 11.7. The van der Waals surface area contributed by atoms with Crippen LogP contribution in [0.1, 0.15) is 12.0 Å². The zero-order valence-electron chi connectivity index (χ0n) is 10.6. The third-order valence-electron chi connectivity index (χ3n) is 2.46. The number of aliphatic carboxylic acids is 1. The lowest BCUT2D eigenvalue weighted by Gasteiger charge is -2.14. The molecule has 0 aliphatic carbocycles. The summed E-state index contributed by atoms with van der Waals surface area (Å²) >= 11 is 5.80. The van der Waals surface area contributed by atoms with Crippen molar-refractivity contribution in [3.63, 3.8) is 0 Å². The Balaban J connectivity index is 2.72. The maximum Gasteiger partial charge on any atom is 0.326 e. The van der Waals surface area contributed by atoms with Crippen molar-refractivity contribution in [3.8, 4) is 0 Å². The number of amides is 3. The van der Waals surface area contributed by atoms with E-state index in [9.17, 15) is 14.4 Å². The Hall–Kier alpha value is -2.28. The standard InChI is InChI=1S/C12H14ClN3O4/c1-6-2-3-7(13)4-8(6)15-12(20)16-9(11(18)19)5-10(14)17/h2-4,9H,5H2,1H3,(H2,14,17)(H,18,19)(H2,15,16,20). The van der Waals surface area contributed by atoms with Gasteiger partial charge in [-0.1, -0.05) is 17.7 Å². The number of benzene rings is 1. The van der Waals surface area contributed by atoms with Gasteiger partial charge in [0.05, 0.1) is 6.42 Å². The van der Waals surface area contributed by atoms with Crippen LogP contribution in [0.25, 0.3) is 0 Å². The summed E-state index contributed by atoms with van der Waals surface area (Å²) in [5, 5.41) is 13.9. The average Bonchev–Trinajstić information content (AvgIpc) is 2.32. The number of carboxylic acid groups (broad SMARTS) is 1. The second-order valence-electron chi connectivity index (χ2n) is 4.12. The van der Waals surface area contributed by atoms with E-state index >= 15 is 0 Å². The van der Waals surface area contributed by atoms with Gasteiger partial charge in [0.25, 0.3) is 0 Å². The van der Waals surface area contributed by atoms with Gasteiger partial charge in [-0.15, -0.1) is 0 Å². The van der Waals surface area contributed by atoms with Gasteiger partial charge in [0.2, 0.25) is 5.91 Å². The zero-order valence-corrected chi connectivity index (χ0v) is 11.4. The number of carbonyl (C=O) groups is 3. The first-order valence-electron chi connectivity index (χ1n) is 5.64. The number of carbonyl (C=O) groups excluding carboxylic acids is 2. The van der Waals surface area contributed by atoms with Crippen molar-refractivity contribution >= 4 is 35.2 Å². The summed E-state index contributed by atoms with van der Waals surface area (Å²) < 4.78 is 0. The van der Waals surface area contributed by atoms with Crippen LogP contribution in [-0.2, 0) is 9.59 Å². The molecule has 0 aromatic heterocycles. The van der Waals surface area contributed by atoms with E-state index in [0.717, 1.165) is 5.56 Å². The van der Waals surface area contributed by atoms with Crippen LogP contribution in [0.3, 0.4) is 0 Å². The molecule has 0 saturated heterocycles. The summed E-state index contributed by atoms with van der Waals surface area (Å²) in [4.78, 5) is 33.3. The molecule has 8 heteroatoms. The van der Waals surface area contributed by atoms with Crippen molar-refractivity contribution < 1.29 is 19.5 Å². The first kappa shape index (κ1) is 15.8. The molecule has 1 unspecified atom stereocenters. The molecule has 0 aliphatic heterocycles. The Bertz CT molecular complexity index is 548. The van der Waals surface area contributed by atoms with Crippen LogP contribution in [0.4, 0.5) is 10.5 Å². The van der Waals surface area contributed by atoms with Gasteiger partial charge in [0, 0.05) is 10.7 Å². The van der Waals surface area contributed by atoms with E-state index in [-0.39, 0.29) is 0 Å². The minimum atomic E-state index is -1.38. The minimum absolute atomic E-state index is 0.429. The topological polar surface area (TPSA) is 122 Å². The highest BCUT2D eigenvalue weighted by atomic mass is 35.5. The highest BCUT2D eigenvalue weighted by Gasteiger charge is 2.22. The van der Waals surface area contributed by atoms with E-state index in [4.69, 9.17) is 22.4 Å². The number of nitrogens with two attached hydrogens (primary N) is 1. The number of hydrogen-bond donors (Lipinski definition) is 4. The van der Waals surface area contributed by atoms with Gasteiger partial charge in [0.15, 0.2) is 0 Å². The monoisotopic (exact) mass is 299 g/mol. The van der Waals surface area contributed by atoms with Gasteiger partial charge in [0.1, 0.15) is 6.04 Å². The molecule has 0 heterocycles. The Morgan fingerprint density at radius 3 is 2.60 bits per heavy atom. The molecule has 0 saturated carbocycles. The molecule has 1 rings (SSSR count). The van der Waals surface area contributed by atoms with Gasteiger partial charge in [-0.25, -0.2) is 9.59 Å². The normalized spacial score (nSPS) is 11.5. The van der Waals surface area contributed by atoms with Crippen LogP contribution in [0.5, 0.6) is 0 Å². The summed E-state index contributed by atoms with van der Waals surface area (Å²) in [7, 11) is 0. The molecule has 0 spiro atoms. The summed E-state index contributed by atoms with van der Waals surface area (Å²) in [5.41, 5.74) is 6.11. The number of urea groups is 1. The molecule has 7 nitrogen and oxygen atoms in total. The second kappa shape index (κ2) is 6.76. The molecule has 1 aromatic rings. The molecular formula is C12H14ClN3O4. The van der Waals surface area contributed by atoms with Crippen LogP contribution in [0, 0.1) is 6.92 Å². The van der Waals surface area contributed by atoms with E-state index in [1.54, 1.807) is 19.1 Å². The molecule has 1 atom stereocenters. The largest absolute Gasteiger partial charge is 0.480 e. The predicted molar refractivity (Wildman–Crippen MR) is 73.6 cm³/mol. The van der Waals surface area contributed by atoms with Gasteiger partial charge in [-0.05, 0) is 24.6 Å². The van der Waals surface area contributed by atoms with E-state index < -0.39 is 30.4 Å². The molecule has 5 N–H and O–H groups in total. The van der Waals surface area contributed by atoms with E-state index in [1.165, 1.54) is 6.07 Å². The highest BCUT2D eigenvalue weighted by Crippen LogP contribution is 2.19. The molecule has 0 radical (unpaired) electrons. The fraction of sp³-hybridized carbons (Fsp3) is 0.250. The fourth-order valence-electron chi connectivity index (χ4n) is 1.45. The molecule has 3 amide bonds. The van der Waals surface area contributed by atoms with Crippen molar-refractivity contribution in [1.82, 2.24) is 5.32 Å². The molecule has 0 bridgehead atoms. The van der Waals surface area contributed by atoms with Crippen molar-refractivity contribution in [2.45, 2.75) is 19.4 Å². The second-order valence-corrected chi connectivity index (χ2v) is 4.56. The van der Waals surface area contributed by atoms with Crippen molar-refractivity contribution in [3.05, 3.63) is 28.8 Å². The minimum Gasteiger partial charge on any atom is -0.480 e. The van der Waals surface area contributed by atoms with E-state index in [2.05, 4.69) is 10.6 Å². The van der Waals surface area contributed by atoms with E-state index in [0.29, 0.717) is 10.7 Å². The quantitative estimate of drug-likeness (QED) is 0.650. The highest BCUT2D eigenvalue weighted by molar-refractivity contribution is 6.31. The van der Waals surface area contributed by atoms with Crippen LogP contribution in [-0.4, -0.2) is 29.1 Å². The zero-order chi connectivity index (χ0) is 15.3. The third kappa shape index (κ3) is 4.77. The van der Waals surface area contributed by atoms with Crippen molar-refractivity contribution in [1.29, 1.82) is 0 Å². The van der Waals surface area contributed by atoms with E-state index in [1.807, 2.05) is 0 Å². The van der Waals surface area contributed by atoms with Crippen molar-refractivity contribution in [2.75, 3.05) is 5.32 Å². The Morgan fingerprint density at radius 2 is 2.05 bits per heavy atom. The third-order valence-corrected chi connectivity index (χ3v) is 2.69. The Kier molecular flexibility index (Phi) is 5.33. The summed E-state index contributed by atoms with van der Waals surface area (Å²) in [6, 6.07) is 2.75. The maximum atomic E-state index is 11.7. The smallest absolute Gasteiger partial charge is 0.326 e. The number of aryl methyl sites for hydroxylation is 1. The lowest BCUT2D eigenvalue weighted by atomic mass is 10.2. The fourth-order valence-corrected chi connectivity index (χ4v) is 1.62. The van der Waals surface area contributed by atoms with Gasteiger partial charge in [-0.3, -0.25) is 4.79 Å². The molecule has 108 valence electrons. The summed E-state index contributed by atoms with van der Waals surface area (Å²) in [6.07, 6.45) is -0.489. The summed E-state index contributed by atoms with van der Waals surface area (Å²) in [5.74, 6) is -2.17. The number of primary amides is 1.